The molecule has 0 unspecified atom stereocenters. The molecule has 1 fully saturated rings. The number of hydroxylamine groups is 1. The number of halogens is 1. The molecule has 1 aliphatic rings. The molecule has 7 nitrogen and oxygen atoms in total. The van der Waals surface area contributed by atoms with Crippen LogP contribution in [0.2, 0.25) is 0 Å². The number of piperidine rings is 1. The van der Waals surface area contributed by atoms with E-state index in [1.165, 1.54) is 6.07 Å². The number of amides is 1. The molecule has 146 valence electrons. The summed E-state index contributed by atoms with van der Waals surface area (Å²) in [5.41, 5.74) is 4.32. The minimum atomic E-state index is -0.537. The highest BCUT2D eigenvalue weighted by Crippen LogP contribution is 2.33. The van der Waals surface area contributed by atoms with Crippen molar-refractivity contribution in [3.63, 3.8) is 0 Å². The molecule has 28 heavy (non-hydrogen) atoms. The summed E-state index contributed by atoms with van der Waals surface area (Å²) in [4.78, 5) is 22.3. The normalized spacial score (nSPS) is 14.9. The lowest BCUT2D eigenvalue weighted by Crippen LogP contribution is -2.37. The fourth-order valence-corrected chi connectivity index (χ4v) is 3.18. The number of hydrogen-bond acceptors (Lipinski definition) is 6. The number of carbonyl (C=O) groups is 1. The third-order valence-corrected chi connectivity index (χ3v) is 4.68. The Bertz CT molecular complexity index is 998. The van der Waals surface area contributed by atoms with Crippen molar-refractivity contribution in [2.24, 2.45) is 0 Å². The van der Waals surface area contributed by atoms with E-state index in [2.05, 4.69) is 21.1 Å². The first-order chi connectivity index (χ1) is 13.6. The van der Waals surface area contributed by atoms with Crippen LogP contribution in [0.3, 0.4) is 0 Å². The Hall–Kier alpha value is -2.97. The van der Waals surface area contributed by atoms with Gasteiger partial charge in [-0.05, 0) is 56.6 Å². The van der Waals surface area contributed by atoms with Gasteiger partial charge in [0.1, 0.15) is 17.1 Å². The fraction of sp³-hybridized carbons (Fsp3) is 0.300. The van der Waals surface area contributed by atoms with Crippen LogP contribution in [0.15, 0.2) is 41.1 Å². The number of fused-ring (bicyclic) bond motifs is 1. The topological polar surface area (TPSA) is 88.4 Å². The summed E-state index contributed by atoms with van der Waals surface area (Å²) >= 11 is 0. The Balaban J connectivity index is 1.61. The maximum Gasteiger partial charge on any atom is 0.312 e. The Morgan fingerprint density at radius 1 is 1.32 bits per heavy atom. The van der Waals surface area contributed by atoms with Crippen molar-refractivity contribution in [1.29, 1.82) is 0 Å². The van der Waals surface area contributed by atoms with Crippen LogP contribution in [-0.4, -0.2) is 30.1 Å². The average Bonchev–Trinajstić information content (AvgIpc) is 3.08. The molecule has 3 N–H and O–H groups in total. The lowest BCUT2D eigenvalue weighted by atomic mass is 10.1. The highest BCUT2D eigenvalue weighted by Gasteiger charge is 2.23. The van der Waals surface area contributed by atoms with Crippen LogP contribution in [0.5, 0.6) is 0 Å². The number of nitrogens with zero attached hydrogens (tertiary/aromatic N) is 1. The van der Waals surface area contributed by atoms with E-state index in [4.69, 9.17) is 9.25 Å². The van der Waals surface area contributed by atoms with Gasteiger partial charge >= 0.3 is 5.91 Å². The van der Waals surface area contributed by atoms with Crippen molar-refractivity contribution < 1.29 is 18.4 Å². The molecular weight excluding hydrogens is 363 g/mol. The first-order valence-electron chi connectivity index (χ1n) is 9.18. The first kappa shape index (κ1) is 18.4. The van der Waals surface area contributed by atoms with Gasteiger partial charge < -0.3 is 15.1 Å². The molecule has 2 aromatic heterocycles. The van der Waals surface area contributed by atoms with Crippen molar-refractivity contribution in [3.05, 3.63) is 53.8 Å². The molecule has 3 aromatic rings. The van der Waals surface area contributed by atoms with Crippen molar-refractivity contribution in [2.45, 2.75) is 25.9 Å². The summed E-state index contributed by atoms with van der Waals surface area (Å²) in [6.45, 7) is 3.49. The van der Waals surface area contributed by atoms with Gasteiger partial charge in [0, 0.05) is 12.4 Å². The van der Waals surface area contributed by atoms with Crippen molar-refractivity contribution in [2.75, 3.05) is 18.4 Å². The molecule has 0 saturated carbocycles. The summed E-state index contributed by atoms with van der Waals surface area (Å²) in [5, 5.41) is 6.79. The average molecular weight is 384 g/mol. The highest BCUT2D eigenvalue weighted by molar-refractivity contribution is 6.06. The number of aryl methyl sites for hydroxylation is 1. The summed E-state index contributed by atoms with van der Waals surface area (Å²) in [7, 11) is 0. The van der Waals surface area contributed by atoms with E-state index >= 15 is 0 Å². The molecule has 4 rings (SSSR count). The second kappa shape index (κ2) is 7.95. The van der Waals surface area contributed by atoms with Crippen LogP contribution in [0.4, 0.5) is 15.8 Å². The van der Waals surface area contributed by atoms with E-state index in [9.17, 15) is 9.18 Å². The zero-order chi connectivity index (χ0) is 19.5. The predicted octanol–water partition coefficient (Wildman–Crippen LogP) is 3.43. The van der Waals surface area contributed by atoms with Gasteiger partial charge in [-0.3, -0.25) is 14.6 Å². The lowest BCUT2D eigenvalue weighted by Gasteiger charge is -2.22. The zero-order valence-electron chi connectivity index (χ0n) is 15.4. The SMILES string of the molecule is Cc1ccc(Nc2c(C(=O)NOC3CCNCC3)oc3ccncc23)c(F)c1. The molecular formula is C20H21FN4O3. The van der Waals surface area contributed by atoms with E-state index in [0.717, 1.165) is 31.5 Å². The van der Waals surface area contributed by atoms with Crippen molar-refractivity contribution >= 4 is 28.3 Å². The summed E-state index contributed by atoms with van der Waals surface area (Å²) in [6.07, 6.45) is 4.70. The molecule has 1 saturated heterocycles. The van der Waals surface area contributed by atoms with Gasteiger partial charge in [-0.25, -0.2) is 9.87 Å². The quantitative estimate of drug-likeness (QED) is 0.584. The number of hydrogen-bond donors (Lipinski definition) is 3. The van der Waals surface area contributed by atoms with Gasteiger partial charge in [0.05, 0.1) is 17.2 Å². The van der Waals surface area contributed by atoms with Gasteiger partial charge in [0.25, 0.3) is 0 Å². The van der Waals surface area contributed by atoms with Crippen molar-refractivity contribution in [1.82, 2.24) is 15.8 Å². The van der Waals surface area contributed by atoms with E-state index in [1.54, 1.807) is 37.5 Å². The summed E-state index contributed by atoms with van der Waals surface area (Å²) in [6, 6.07) is 6.47. The minimum Gasteiger partial charge on any atom is -0.448 e. The van der Waals surface area contributed by atoms with Crippen LogP contribution < -0.4 is 16.1 Å². The number of nitrogens with one attached hydrogen (secondary N) is 3. The molecule has 3 heterocycles. The number of anilines is 2. The van der Waals surface area contributed by atoms with Crippen LogP contribution in [0.25, 0.3) is 11.0 Å². The lowest BCUT2D eigenvalue weighted by molar-refractivity contribution is -0.0292. The molecule has 1 amide bonds. The van der Waals surface area contributed by atoms with E-state index in [-0.39, 0.29) is 17.6 Å². The number of rotatable bonds is 5. The monoisotopic (exact) mass is 384 g/mol. The number of carbonyl (C=O) groups excluding carboxylic acids is 1. The molecule has 0 spiro atoms. The second-order valence-electron chi connectivity index (χ2n) is 6.78. The molecule has 1 aromatic carbocycles. The standard InChI is InChI=1S/C20H21FN4O3/c1-12-2-3-16(15(21)10-12)24-18-14-11-23-9-6-17(14)27-19(18)20(26)25-28-13-4-7-22-8-5-13/h2-3,6,9-11,13,22,24H,4-5,7-8H2,1H3,(H,25,26). The van der Waals surface area contributed by atoms with Crippen LogP contribution >= 0.6 is 0 Å². The maximum atomic E-state index is 14.3. The number of pyridine rings is 1. The molecule has 8 heteroatoms. The number of benzene rings is 1. The smallest absolute Gasteiger partial charge is 0.312 e. The van der Waals surface area contributed by atoms with Crippen LogP contribution in [0.1, 0.15) is 29.0 Å². The fourth-order valence-electron chi connectivity index (χ4n) is 3.18. The van der Waals surface area contributed by atoms with Gasteiger partial charge in [-0.15, -0.1) is 0 Å². The van der Waals surface area contributed by atoms with Gasteiger partial charge in [-0.1, -0.05) is 6.07 Å². The molecule has 0 aliphatic carbocycles. The van der Waals surface area contributed by atoms with Gasteiger partial charge in [0.15, 0.2) is 0 Å². The Labute approximate surface area is 161 Å². The van der Waals surface area contributed by atoms with Gasteiger partial charge in [0.2, 0.25) is 5.76 Å². The van der Waals surface area contributed by atoms with Crippen LogP contribution in [0, 0.1) is 12.7 Å². The summed E-state index contributed by atoms with van der Waals surface area (Å²) in [5.74, 6) is -0.947. The molecule has 1 aliphatic heterocycles. The van der Waals surface area contributed by atoms with E-state index < -0.39 is 11.7 Å². The predicted molar refractivity (Wildman–Crippen MR) is 103 cm³/mol. The number of furan rings is 1. The first-order valence-corrected chi connectivity index (χ1v) is 9.18. The summed E-state index contributed by atoms with van der Waals surface area (Å²) < 4.78 is 20.0. The second-order valence-corrected chi connectivity index (χ2v) is 6.78. The van der Waals surface area contributed by atoms with E-state index in [0.29, 0.717) is 16.7 Å². The Morgan fingerprint density at radius 2 is 2.14 bits per heavy atom. The van der Waals surface area contributed by atoms with E-state index in [1.807, 2.05) is 0 Å². The third-order valence-electron chi connectivity index (χ3n) is 4.68. The molecule has 0 atom stereocenters. The molecule has 0 radical (unpaired) electrons. The molecule has 0 bridgehead atoms. The highest BCUT2D eigenvalue weighted by atomic mass is 19.1. The third kappa shape index (κ3) is 3.83. The number of aromatic nitrogens is 1. The van der Waals surface area contributed by atoms with Crippen LogP contribution in [-0.2, 0) is 4.84 Å². The largest absolute Gasteiger partial charge is 0.448 e. The minimum absolute atomic E-state index is 0.0110. The zero-order valence-corrected chi connectivity index (χ0v) is 15.4. The Kier molecular flexibility index (Phi) is 5.23. The van der Waals surface area contributed by atoms with Gasteiger partial charge in [-0.2, -0.15) is 0 Å². The Morgan fingerprint density at radius 3 is 2.93 bits per heavy atom. The van der Waals surface area contributed by atoms with Crippen molar-refractivity contribution in [3.8, 4) is 0 Å². The maximum absolute atomic E-state index is 14.3.